The lowest BCUT2D eigenvalue weighted by atomic mass is 10.1. The summed E-state index contributed by atoms with van der Waals surface area (Å²) >= 11 is 2.79. The molecular weight excluding hydrogens is 324 g/mol. The minimum Gasteiger partial charge on any atom is -0.461 e. The van der Waals surface area contributed by atoms with Gasteiger partial charge in [-0.05, 0) is 25.1 Å². The van der Waals surface area contributed by atoms with Crippen molar-refractivity contribution in [3.05, 3.63) is 40.2 Å². The van der Waals surface area contributed by atoms with E-state index in [1.54, 1.807) is 25.1 Å². The second-order valence-corrected chi connectivity index (χ2v) is 7.94. The van der Waals surface area contributed by atoms with Crippen LogP contribution >= 0.6 is 23.5 Å². The molecule has 118 valence electrons. The summed E-state index contributed by atoms with van der Waals surface area (Å²) < 4.78 is 5.28. The molecule has 0 aliphatic carbocycles. The Balaban J connectivity index is 1.87. The van der Waals surface area contributed by atoms with Crippen LogP contribution in [-0.2, 0) is 0 Å². The number of fused-ring (bicyclic) bond motifs is 1. The standard InChI is InChI=1S/C15H16O5S2/c1-7-4-10(16)9-3-2-8(5-12(9)20-7)22-15-14(19)13(18)11(17)6-21-15/h2-5,11,13-15,17-19H,6H2,1H3/t11-,13+,14-,15+/m1/s1. The van der Waals surface area contributed by atoms with Crippen LogP contribution in [-0.4, -0.2) is 44.0 Å². The molecule has 3 N–H and O–H groups in total. The minimum atomic E-state index is -1.14. The molecule has 4 atom stereocenters. The third-order valence-corrected chi connectivity index (χ3v) is 6.41. The summed E-state index contributed by atoms with van der Waals surface area (Å²) in [6, 6.07) is 6.71. The fourth-order valence-corrected chi connectivity index (χ4v) is 5.02. The van der Waals surface area contributed by atoms with Crippen LogP contribution in [0.3, 0.4) is 0 Å². The lowest BCUT2D eigenvalue weighted by Gasteiger charge is -2.34. The topological polar surface area (TPSA) is 90.9 Å². The maximum atomic E-state index is 11.9. The monoisotopic (exact) mass is 340 g/mol. The lowest BCUT2D eigenvalue weighted by molar-refractivity contribution is -0.0474. The number of thioether (sulfide) groups is 2. The molecule has 7 heteroatoms. The smallest absolute Gasteiger partial charge is 0.192 e. The molecule has 3 rings (SSSR count). The molecule has 22 heavy (non-hydrogen) atoms. The van der Waals surface area contributed by atoms with Crippen LogP contribution in [0.25, 0.3) is 11.0 Å². The summed E-state index contributed by atoms with van der Waals surface area (Å²) in [7, 11) is 0. The Morgan fingerprint density at radius 2 is 2.00 bits per heavy atom. The lowest BCUT2D eigenvalue weighted by Crippen LogP contribution is -2.47. The Bertz CT molecular complexity index is 744. The molecule has 1 aliphatic heterocycles. The van der Waals surface area contributed by atoms with Gasteiger partial charge >= 0.3 is 0 Å². The van der Waals surface area contributed by atoms with Gasteiger partial charge in [-0.25, -0.2) is 0 Å². The molecule has 0 spiro atoms. The van der Waals surface area contributed by atoms with E-state index in [4.69, 9.17) is 4.42 Å². The minimum absolute atomic E-state index is 0.0825. The second-order valence-electron chi connectivity index (χ2n) is 5.25. The van der Waals surface area contributed by atoms with E-state index >= 15 is 0 Å². The number of aliphatic hydroxyl groups excluding tert-OH is 3. The summed E-state index contributed by atoms with van der Waals surface area (Å²) in [6.07, 6.45) is -3.06. The summed E-state index contributed by atoms with van der Waals surface area (Å²) in [4.78, 5) is 12.7. The van der Waals surface area contributed by atoms with Gasteiger partial charge in [-0.2, -0.15) is 0 Å². The zero-order valence-electron chi connectivity index (χ0n) is 11.8. The van der Waals surface area contributed by atoms with Crippen LogP contribution in [0.1, 0.15) is 5.76 Å². The Kier molecular flexibility index (Phi) is 4.52. The molecule has 0 unspecified atom stereocenters. The van der Waals surface area contributed by atoms with Gasteiger partial charge in [-0.1, -0.05) is 0 Å². The quantitative estimate of drug-likeness (QED) is 0.760. The number of aliphatic hydroxyl groups is 3. The van der Waals surface area contributed by atoms with E-state index in [1.807, 2.05) is 0 Å². The maximum absolute atomic E-state index is 11.9. The van der Waals surface area contributed by atoms with Gasteiger partial charge < -0.3 is 19.7 Å². The highest BCUT2D eigenvalue weighted by Gasteiger charge is 2.37. The molecule has 0 bridgehead atoms. The molecule has 0 saturated carbocycles. The number of hydrogen-bond acceptors (Lipinski definition) is 7. The maximum Gasteiger partial charge on any atom is 0.192 e. The van der Waals surface area contributed by atoms with E-state index < -0.39 is 18.3 Å². The van der Waals surface area contributed by atoms with Gasteiger partial charge in [-0.3, -0.25) is 4.79 Å². The SMILES string of the molecule is Cc1cc(=O)c2ccc(S[C@@H]3SC[C@@H](O)[C@H](O)[C@H]3O)cc2o1. The first-order chi connectivity index (χ1) is 10.5. The Morgan fingerprint density at radius 3 is 2.77 bits per heavy atom. The summed E-state index contributed by atoms with van der Waals surface area (Å²) in [5, 5.41) is 29.9. The molecule has 2 aromatic rings. The molecule has 1 aromatic heterocycles. The number of rotatable bonds is 2. The molecule has 0 amide bonds. The fourth-order valence-electron chi connectivity index (χ4n) is 2.35. The zero-order chi connectivity index (χ0) is 15.9. The first-order valence-electron chi connectivity index (χ1n) is 6.82. The van der Waals surface area contributed by atoms with Crippen LogP contribution in [0.15, 0.2) is 38.4 Å². The predicted octanol–water partition coefficient (Wildman–Crippen LogP) is 1.35. The van der Waals surface area contributed by atoms with Crippen molar-refractivity contribution in [1.82, 2.24) is 0 Å². The van der Waals surface area contributed by atoms with E-state index in [0.717, 1.165) is 4.90 Å². The van der Waals surface area contributed by atoms with Gasteiger partial charge in [-0.15, -0.1) is 23.5 Å². The van der Waals surface area contributed by atoms with Gasteiger partial charge in [0.05, 0.1) is 16.1 Å². The summed E-state index contributed by atoms with van der Waals surface area (Å²) in [6.45, 7) is 1.72. The van der Waals surface area contributed by atoms with Crippen LogP contribution in [0.5, 0.6) is 0 Å². The molecule has 1 aromatic carbocycles. The molecular formula is C15H16O5S2. The molecule has 2 heterocycles. The third kappa shape index (κ3) is 3.04. The van der Waals surface area contributed by atoms with Crippen LogP contribution in [0, 0.1) is 6.92 Å². The Labute approximate surface area is 135 Å². The van der Waals surface area contributed by atoms with E-state index in [1.165, 1.54) is 29.6 Å². The third-order valence-electron chi connectivity index (χ3n) is 3.53. The predicted molar refractivity (Wildman–Crippen MR) is 87.3 cm³/mol. The van der Waals surface area contributed by atoms with Gasteiger partial charge in [0.25, 0.3) is 0 Å². The van der Waals surface area contributed by atoms with Crippen molar-refractivity contribution >= 4 is 34.5 Å². The Hall–Kier alpha value is -0.990. The van der Waals surface area contributed by atoms with Crippen LogP contribution in [0.2, 0.25) is 0 Å². The van der Waals surface area contributed by atoms with Crippen molar-refractivity contribution in [2.24, 2.45) is 0 Å². The van der Waals surface area contributed by atoms with Crippen molar-refractivity contribution in [3.8, 4) is 0 Å². The van der Waals surface area contributed by atoms with Crippen LogP contribution < -0.4 is 5.43 Å². The van der Waals surface area contributed by atoms with Crippen molar-refractivity contribution in [3.63, 3.8) is 0 Å². The largest absolute Gasteiger partial charge is 0.461 e. The Morgan fingerprint density at radius 1 is 1.23 bits per heavy atom. The molecule has 0 radical (unpaired) electrons. The first-order valence-corrected chi connectivity index (χ1v) is 8.75. The van der Waals surface area contributed by atoms with Crippen molar-refractivity contribution in [2.45, 2.75) is 34.7 Å². The van der Waals surface area contributed by atoms with E-state index in [9.17, 15) is 20.1 Å². The van der Waals surface area contributed by atoms with Crippen molar-refractivity contribution in [1.29, 1.82) is 0 Å². The molecule has 1 aliphatic rings. The molecule has 1 saturated heterocycles. The highest BCUT2D eigenvalue weighted by Crippen LogP contribution is 2.39. The highest BCUT2D eigenvalue weighted by atomic mass is 32.2. The number of aryl methyl sites for hydroxylation is 1. The van der Waals surface area contributed by atoms with Gasteiger partial charge in [0.15, 0.2) is 5.43 Å². The van der Waals surface area contributed by atoms with Gasteiger partial charge in [0.2, 0.25) is 0 Å². The van der Waals surface area contributed by atoms with E-state index in [-0.39, 0.29) is 10.0 Å². The average molecular weight is 340 g/mol. The fraction of sp³-hybridized carbons (Fsp3) is 0.400. The van der Waals surface area contributed by atoms with Gasteiger partial charge in [0.1, 0.15) is 23.6 Å². The van der Waals surface area contributed by atoms with Crippen molar-refractivity contribution < 1.29 is 19.7 Å². The van der Waals surface area contributed by atoms with E-state index in [0.29, 0.717) is 22.5 Å². The number of hydrogen-bond donors (Lipinski definition) is 3. The summed E-state index contributed by atoms with van der Waals surface area (Å²) in [5.41, 5.74) is 0.423. The van der Waals surface area contributed by atoms with Crippen LogP contribution in [0.4, 0.5) is 0 Å². The second kappa shape index (κ2) is 6.25. The van der Waals surface area contributed by atoms with E-state index in [2.05, 4.69) is 0 Å². The normalized spacial score (nSPS) is 28.9. The average Bonchev–Trinajstić information content (AvgIpc) is 2.47. The zero-order valence-corrected chi connectivity index (χ0v) is 13.4. The van der Waals surface area contributed by atoms with Gasteiger partial charge in [0, 0.05) is 16.7 Å². The highest BCUT2D eigenvalue weighted by molar-refractivity contribution is 8.17. The summed E-state index contributed by atoms with van der Waals surface area (Å²) in [5.74, 6) is 0.919. The first kappa shape index (κ1) is 15.9. The molecule has 5 nitrogen and oxygen atoms in total. The number of benzene rings is 1. The molecule has 1 fully saturated rings. The van der Waals surface area contributed by atoms with Crippen molar-refractivity contribution in [2.75, 3.05) is 5.75 Å².